The van der Waals surface area contributed by atoms with E-state index < -0.39 is 0 Å². The van der Waals surface area contributed by atoms with E-state index in [0.29, 0.717) is 0 Å². The maximum absolute atomic E-state index is 6.73. The van der Waals surface area contributed by atoms with Crippen LogP contribution in [0.2, 0.25) is 5.02 Å². The number of fused-ring (bicyclic) bond motifs is 6. The van der Waals surface area contributed by atoms with Crippen molar-refractivity contribution in [1.82, 2.24) is 9.97 Å². The Morgan fingerprint density at radius 3 is 1.68 bits per heavy atom. The van der Waals surface area contributed by atoms with Crippen molar-refractivity contribution in [2.24, 2.45) is 0 Å². The summed E-state index contributed by atoms with van der Waals surface area (Å²) < 4.78 is 0. The van der Waals surface area contributed by atoms with Gasteiger partial charge in [-0.1, -0.05) is 48.0 Å². The van der Waals surface area contributed by atoms with Crippen LogP contribution < -0.4 is 0 Å². The molecule has 0 aliphatic carbocycles. The van der Waals surface area contributed by atoms with Gasteiger partial charge in [0.05, 0.1) is 16.1 Å². The second-order valence-electron chi connectivity index (χ2n) is 5.78. The lowest BCUT2D eigenvalue weighted by atomic mass is 10.0. The van der Waals surface area contributed by atoms with Gasteiger partial charge in [0.15, 0.2) is 0 Å². The van der Waals surface area contributed by atoms with Crippen molar-refractivity contribution in [3.8, 4) is 0 Å². The third kappa shape index (κ3) is 1.36. The second kappa shape index (κ2) is 4.05. The van der Waals surface area contributed by atoms with E-state index in [4.69, 9.17) is 11.6 Å². The molecule has 0 aliphatic heterocycles. The molecule has 0 unspecified atom stereocenters. The minimum absolute atomic E-state index is 0.767. The molecule has 2 aromatic heterocycles. The third-order valence-electron chi connectivity index (χ3n) is 4.60. The number of H-pyrrole nitrogens is 2. The van der Waals surface area contributed by atoms with E-state index in [9.17, 15) is 0 Å². The zero-order valence-corrected chi connectivity index (χ0v) is 12.8. The Bertz CT molecular complexity index is 1100. The molecular formula is C19H13ClN2. The van der Waals surface area contributed by atoms with Gasteiger partial charge in [0.1, 0.15) is 0 Å². The number of aryl methyl sites for hydroxylation is 1. The number of aromatic amines is 2. The molecule has 2 heterocycles. The number of hydrogen-bond donors (Lipinski definition) is 2. The molecule has 3 aromatic carbocycles. The highest BCUT2D eigenvalue weighted by Gasteiger charge is 2.17. The summed E-state index contributed by atoms with van der Waals surface area (Å²) in [5.41, 5.74) is 5.54. The van der Waals surface area contributed by atoms with Gasteiger partial charge in [0.2, 0.25) is 0 Å². The first-order valence-electron chi connectivity index (χ1n) is 7.34. The van der Waals surface area contributed by atoms with E-state index >= 15 is 0 Å². The molecule has 0 atom stereocenters. The van der Waals surface area contributed by atoms with Crippen LogP contribution in [0.1, 0.15) is 5.56 Å². The Morgan fingerprint density at radius 2 is 1.18 bits per heavy atom. The van der Waals surface area contributed by atoms with Crippen LogP contribution in [0.15, 0.2) is 48.5 Å². The Morgan fingerprint density at radius 1 is 0.727 bits per heavy atom. The van der Waals surface area contributed by atoms with Crippen LogP contribution in [0.4, 0.5) is 0 Å². The van der Waals surface area contributed by atoms with Crippen molar-refractivity contribution >= 4 is 55.2 Å². The average molecular weight is 305 g/mol. The van der Waals surface area contributed by atoms with Crippen molar-refractivity contribution in [3.63, 3.8) is 0 Å². The fourth-order valence-electron chi connectivity index (χ4n) is 3.64. The number of halogens is 1. The summed E-state index contributed by atoms with van der Waals surface area (Å²) in [4.78, 5) is 6.94. The molecule has 2 N–H and O–H groups in total. The summed E-state index contributed by atoms with van der Waals surface area (Å²) in [5, 5.41) is 5.66. The minimum Gasteiger partial charge on any atom is -0.353 e. The van der Waals surface area contributed by atoms with Crippen LogP contribution >= 0.6 is 11.6 Å². The summed E-state index contributed by atoms with van der Waals surface area (Å²) in [6.07, 6.45) is 0. The molecule has 5 aromatic rings. The lowest BCUT2D eigenvalue weighted by Gasteiger charge is -2.04. The molecule has 0 radical (unpaired) electrons. The summed E-state index contributed by atoms with van der Waals surface area (Å²) in [5.74, 6) is 0. The average Bonchev–Trinajstić information content (AvgIpc) is 3.12. The van der Waals surface area contributed by atoms with Gasteiger partial charge in [0.25, 0.3) is 0 Å². The van der Waals surface area contributed by atoms with Gasteiger partial charge in [0, 0.05) is 32.6 Å². The number of hydrogen-bond acceptors (Lipinski definition) is 0. The SMILES string of the molecule is Cc1c2c([nH]c3ccccc32)c(Cl)c2[nH]c3ccccc3c12. The maximum Gasteiger partial charge on any atom is 0.0888 e. The predicted molar refractivity (Wildman–Crippen MR) is 94.9 cm³/mol. The molecule has 5 rings (SSSR count). The molecule has 0 saturated heterocycles. The first-order chi connectivity index (χ1) is 10.8. The number of nitrogens with one attached hydrogen (secondary N) is 2. The summed E-state index contributed by atoms with van der Waals surface area (Å²) >= 11 is 6.73. The topological polar surface area (TPSA) is 31.6 Å². The summed E-state index contributed by atoms with van der Waals surface area (Å²) in [6, 6.07) is 16.7. The zero-order valence-electron chi connectivity index (χ0n) is 12.0. The molecule has 2 nitrogen and oxygen atoms in total. The molecule has 0 aliphatic rings. The van der Waals surface area contributed by atoms with Gasteiger partial charge in [-0.2, -0.15) is 0 Å². The monoisotopic (exact) mass is 304 g/mol. The highest BCUT2D eigenvalue weighted by molar-refractivity contribution is 6.43. The highest BCUT2D eigenvalue weighted by atomic mass is 35.5. The van der Waals surface area contributed by atoms with Gasteiger partial charge >= 0.3 is 0 Å². The van der Waals surface area contributed by atoms with E-state index in [1.165, 1.54) is 27.1 Å². The molecule has 106 valence electrons. The quantitative estimate of drug-likeness (QED) is 0.356. The standard InChI is InChI=1S/C19H13ClN2/c1-10-15-11-6-2-4-8-13(11)21-18(15)17(20)19-16(10)12-7-3-5-9-14(12)22-19/h2-9,21-22H,1H3. The van der Waals surface area contributed by atoms with Gasteiger partial charge in [-0.15, -0.1) is 0 Å². The van der Waals surface area contributed by atoms with E-state index in [0.717, 1.165) is 27.1 Å². The van der Waals surface area contributed by atoms with Gasteiger partial charge < -0.3 is 9.97 Å². The molecule has 22 heavy (non-hydrogen) atoms. The number of benzene rings is 3. The summed E-state index contributed by atoms with van der Waals surface area (Å²) in [7, 11) is 0. The van der Waals surface area contributed by atoms with Crippen molar-refractivity contribution in [2.75, 3.05) is 0 Å². The van der Waals surface area contributed by atoms with Crippen LogP contribution in [-0.4, -0.2) is 9.97 Å². The molecule has 3 heteroatoms. The van der Waals surface area contributed by atoms with Crippen LogP contribution in [0, 0.1) is 6.92 Å². The molecule has 0 bridgehead atoms. The second-order valence-corrected chi connectivity index (χ2v) is 6.16. The van der Waals surface area contributed by atoms with Crippen LogP contribution in [0.5, 0.6) is 0 Å². The van der Waals surface area contributed by atoms with E-state index in [2.05, 4.69) is 53.3 Å². The maximum atomic E-state index is 6.73. The van der Waals surface area contributed by atoms with Crippen molar-refractivity contribution in [3.05, 3.63) is 59.1 Å². The van der Waals surface area contributed by atoms with E-state index in [-0.39, 0.29) is 0 Å². The number of rotatable bonds is 0. The van der Waals surface area contributed by atoms with Crippen LogP contribution in [-0.2, 0) is 0 Å². The summed E-state index contributed by atoms with van der Waals surface area (Å²) in [6.45, 7) is 2.18. The normalized spacial score (nSPS) is 12.1. The lowest BCUT2D eigenvalue weighted by molar-refractivity contribution is 1.51. The Balaban J connectivity index is 2.16. The first kappa shape index (κ1) is 12.1. The molecule has 0 fully saturated rings. The predicted octanol–water partition coefficient (Wildman–Crippen LogP) is 5.92. The molecule has 0 spiro atoms. The molecule has 0 amide bonds. The van der Waals surface area contributed by atoms with Gasteiger partial charge in [-0.05, 0) is 24.6 Å². The van der Waals surface area contributed by atoms with Crippen molar-refractivity contribution in [2.45, 2.75) is 6.92 Å². The Kier molecular flexibility index (Phi) is 2.23. The number of aromatic nitrogens is 2. The highest BCUT2D eigenvalue weighted by Crippen LogP contribution is 2.41. The van der Waals surface area contributed by atoms with E-state index in [1.807, 2.05) is 12.1 Å². The van der Waals surface area contributed by atoms with Crippen LogP contribution in [0.25, 0.3) is 43.6 Å². The zero-order chi connectivity index (χ0) is 14.8. The van der Waals surface area contributed by atoms with Crippen molar-refractivity contribution < 1.29 is 0 Å². The Labute approximate surface area is 131 Å². The minimum atomic E-state index is 0.767. The van der Waals surface area contributed by atoms with Crippen molar-refractivity contribution in [1.29, 1.82) is 0 Å². The first-order valence-corrected chi connectivity index (χ1v) is 7.72. The molecular weight excluding hydrogens is 292 g/mol. The Hall–Kier alpha value is -2.45. The largest absolute Gasteiger partial charge is 0.353 e. The number of para-hydroxylation sites is 2. The van der Waals surface area contributed by atoms with Crippen LogP contribution in [0.3, 0.4) is 0 Å². The van der Waals surface area contributed by atoms with E-state index in [1.54, 1.807) is 0 Å². The van der Waals surface area contributed by atoms with Gasteiger partial charge in [-0.3, -0.25) is 0 Å². The fraction of sp³-hybridized carbons (Fsp3) is 0.0526. The third-order valence-corrected chi connectivity index (χ3v) is 4.98. The lowest BCUT2D eigenvalue weighted by Crippen LogP contribution is -1.81. The smallest absolute Gasteiger partial charge is 0.0888 e. The molecule has 0 saturated carbocycles. The fourth-order valence-corrected chi connectivity index (χ4v) is 3.93. The van der Waals surface area contributed by atoms with Gasteiger partial charge in [-0.25, -0.2) is 0 Å².